The van der Waals surface area contributed by atoms with Crippen LogP contribution in [0, 0.1) is 50.2 Å². The fraction of sp³-hybridized carbons (Fsp3) is 0.900. The van der Waals surface area contributed by atoms with Crippen molar-refractivity contribution in [2.24, 2.45) is 50.2 Å². The van der Waals surface area contributed by atoms with Crippen molar-refractivity contribution < 1.29 is 15.0 Å². The normalized spacial score (nSPS) is 55.5. The number of ketones is 1. The van der Waals surface area contributed by atoms with Gasteiger partial charge in [0, 0.05) is 17.3 Å². The highest BCUT2D eigenvalue weighted by Gasteiger charge is 2.69. The molecule has 2 N–H and O–H groups in total. The molecule has 0 heterocycles. The number of rotatable bonds is 1. The number of hydrogen-bond acceptors (Lipinski definition) is 3. The number of aliphatic hydroxyl groups excluding tert-OH is 2. The van der Waals surface area contributed by atoms with Crippen LogP contribution in [0.2, 0.25) is 0 Å². The van der Waals surface area contributed by atoms with E-state index in [9.17, 15) is 15.0 Å². The second kappa shape index (κ2) is 6.96. The SMILES string of the molecule is CC1(C)CC(=O)[C@]2(C)CC[C@]3(C)C(=CC[C@@H]4[C@@]5(C)CC[C@H](O)[C@](C)(CO)C5CC[C@]43C)[C@H]2C1. The third kappa shape index (κ3) is 2.85. The zero-order valence-corrected chi connectivity index (χ0v) is 22.3. The average Bonchev–Trinajstić information content (AvgIpc) is 2.73. The van der Waals surface area contributed by atoms with Crippen LogP contribution in [0.25, 0.3) is 0 Å². The summed E-state index contributed by atoms with van der Waals surface area (Å²) in [7, 11) is 0. The minimum absolute atomic E-state index is 0.0772. The van der Waals surface area contributed by atoms with Crippen LogP contribution in [0.4, 0.5) is 0 Å². The first kappa shape index (κ1) is 24.0. The average molecular weight is 457 g/mol. The zero-order valence-electron chi connectivity index (χ0n) is 22.3. The molecule has 5 aliphatic rings. The number of carbonyl (C=O) groups is 1. The lowest BCUT2D eigenvalue weighted by Gasteiger charge is -2.71. The van der Waals surface area contributed by atoms with Gasteiger partial charge in [0.15, 0.2) is 0 Å². The van der Waals surface area contributed by atoms with Crippen LogP contribution in [0.15, 0.2) is 11.6 Å². The second-order valence-corrected chi connectivity index (χ2v) is 15.0. The molecule has 0 saturated heterocycles. The van der Waals surface area contributed by atoms with Crippen molar-refractivity contribution in [3.05, 3.63) is 11.6 Å². The molecule has 0 bridgehead atoms. The first-order valence-electron chi connectivity index (χ1n) is 13.7. The van der Waals surface area contributed by atoms with Gasteiger partial charge in [-0.1, -0.05) is 60.1 Å². The fourth-order valence-electron chi connectivity index (χ4n) is 10.5. The summed E-state index contributed by atoms with van der Waals surface area (Å²) in [5, 5.41) is 21.3. The largest absolute Gasteiger partial charge is 0.396 e. The van der Waals surface area contributed by atoms with E-state index in [1.165, 1.54) is 0 Å². The van der Waals surface area contributed by atoms with Crippen molar-refractivity contribution in [3.63, 3.8) is 0 Å². The third-order valence-corrected chi connectivity index (χ3v) is 13.0. The highest BCUT2D eigenvalue weighted by Crippen LogP contribution is 2.75. The molecule has 33 heavy (non-hydrogen) atoms. The van der Waals surface area contributed by atoms with Crippen molar-refractivity contribution >= 4 is 5.78 Å². The summed E-state index contributed by atoms with van der Waals surface area (Å²) in [6.45, 7) is 16.7. The molecule has 4 saturated carbocycles. The summed E-state index contributed by atoms with van der Waals surface area (Å²) in [5.41, 5.74) is 1.58. The van der Waals surface area contributed by atoms with Gasteiger partial charge in [-0.2, -0.15) is 0 Å². The summed E-state index contributed by atoms with van der Waals surface area (Å²) < 4.78 is 0. The third-order valence-electron chi connectivity index (χ3n) is 13.0. The molecule has 5 aliphatic carbocycles. The van der Waals surface area contributed by atoms with Crippen molar-refractivity contribution in [1.82, 2.24) is 0 Å². The molecule has 0 aromatic carbocycles. The van der Waals surface area contributed by atoms with Crippen LogP contribution in [0.3, 0.4) is 0 Å². The lowest BCUT2D eigenvalue weighted by atomic mass is 9.33. The Morgan fingerprint density at radius 3 is 2.30 bits per heavy atom. The van der Waals surface area contributed by atoms with E-state index in [1.807, 2.05) is 0 Å². The molecule has 0 spiro atoms. The molecule has 0 aromatic heterocycles. The molecule has 3 heteroatoms. The van der Waals surface area contributed by atoms with Crippen LogP contribution in [0.1, 0.15) is 106 Å². The highest BCUT2D eigenvalue weighted by molar-refractivity contribution is 5.87. The number of allylic oxidation sites excluding steroid dienone is 2. The van der Waals surface area contributed by atoms with Crippen molar-refractivity contribution in [2.75, 3.05) is 6.61 Å². The molecule has 0 aromatic rings. The van der Waals surface area contributed by atoms with Gasteiger partial charge < -0.3 is 10.2 Å². The molecule has 186 valence electrons. The molecule has 0 aliphatic heterocycles. The molecule has 9 atom stereocenters. The van der Waals surface area contributed by atoms with Gasteiger partial charge in [-0.3, -0.25) is 4.79 Å². The van der Waals surface area contributed by atoms with Gasteiger partial charge in [0.05, 0.1) is 12.7 Å². The Hall–Kier alpha value is -0.670. The smallest absolute Gasteiger partial charge is 0.139 e. The molecule has 0 radical (unpaired) electrons. The van der Waals surface area contributed by atoms with E-state index < -0.39 is 11.5 Å². The van der Waals surface area contributed by atoms with Crippen LogP contribution in [-0.2, 0) is 4.79 Å². The van der Waals surface area contributed by atoms with E-state index in [2.05, 4.69) is 54.5 Å². The number of hydrogen-bond donors (Lipinski definition) is 2. The molecular weight excluding hydrogens is 408 g/mol. The van der Waals surface area contributed by atoms with Gasteiger partial charge in [0.2, 0.25) is 0 Å². The van der Waals surface area contributed by atoms with Gasteiger partial charge in [-0.15, -0.1) is 0 Å². The van der Waals surface area contributed by atoms with Gasteiger partial charge in [0.25, 0.3) is 0 Å². The molecule has 5 rings (SSSR count). The summed E-state index contributed by atoms with van der Waals surface area (Å²) in [5.74, 6) is 1.80. The van der Waals surface area contributed by atoms with Crippen molar-refractivity contribution in [3.8, 4) is 0 Å². The van der Waals surface area contributed by atoms with E-state index >= 15 is 0 Å². The lowest BCUT2D eigenvalue weighted by molar-refractivity contribution is -0.214. The Morgan fingerprint density at radius 2 is 1.64 bits per heavy atom. The van der Waals surface area contributed by atoms with E-state index in [-0.39, 0.29) is 33.7 Å². The van der Waals surface area contributed by atoms with Gasteiger partial charge in [-0.25, -0.2) is 0 Å². The van der Waals surface area contributed by atoms with E-state index in [4.69, 9.17) is 0 Å². The van der Waals surface area contributed by atoms with Gasteiger partial charge in [0.1, 0.15) is 5.78 Å². The van der Waals surface area contributed by atoms with Gasteiger partial charge >= 0.3 is 0 Å². The van der Waals surface area contributed by atoms with Crippen molar-refractivity contribution in [2.45, 2.75) is 112 Å². The first-order chi connectivity index (χ1) is 15.2. The quantitative estimate of drug-likeness (QED) is 0.454. The lowest BCUT2D eigenvalue weighted by Crippen LogP contribution is -2.65. The first-order valence-corrected chi connectivity index (χ1v) is 13.7. The predicted molar refractivity (Wildman–Crippen MR) is 133 cm³/mol. The minimum atomic E-state index is -0.402. The molecule has 3 nitrogen and oxygen atoms in total. The van der Waals surface area contributed by atoms with Crippen LogP contribution < -0.4 is 0 Å². The maximum atomic E-state index is 13.4. The minimum Gasteiger partial charge on any atom is -0.396 e. The van der Waals surface area contributed by atoms with Crippen LogP contribution in [-0.4, -0.2) is 28.7 Å². The Bertz CT molecular complexity index is 889. The fourth-order valence-corrected chi connectivity index (χ4v) is 10.5. The summed E-state index contributed by atoms with van der Waals surface area (Å²) in [4.78, 5) is 13.4. The second-order valence-electron chi connectivity index (χ2n) is 15.0. The predicted octanol–water partition coefficient (Wildman–Crippen LogP) is 6.32. The molecular formula is C30H48O3. The Kier molecular flexibility index (Phi) is 5.07. The van der Waals surface area contributed by atoms with E-state index in [1.54, 1.807) is 5.57 Å². The van der Waals surface area contributed by atoms with Crippen molar-refractivity contribution in [1.29, 1.82) is 0 Å². The maximum absolute atomic E-state index is 13.4. The Labute approximate surface area is 201 Å². The number of carbonyl (C=O) groups excluding carboxylic acids is 1. The number of fused-ring (bicyclic) bond motifs is 7. The van der Waals surface area contributed by atoms with E-state index in [0.717, 1.165) is 57.8 Å². The maximum Gasteiger partial charge on any atom is 0.139 e. The monoisotopic (exact) mass is 456 g/mol. The van der Waals surface area contributed by atoms with Crippen LogP contribution in [0.5, 0.6) is 0 Å². The van der Waals surface area contributed by atoms with Crippen LogP contribution >= 0.6 is 0 Å². The molecule has 1 unspecified atom stereocenters. The summed E-state index contributed by atoms with van der Waals surface area (Å²) >= 11 is 0. The van der Waals surface area contributed by atoms with E-state index in [0.29, 0.717) is 23.5 Å². The number of Topliss-reactive ketones (excluding diaryl/α,β-unsaturated/α-hetero) is 1. The molecule has 4 fully saturated rings. The molecule has 0 amide bonds. The standard InChI is InChI=1S/C30H48O3/c1-25(2)16-20-19-8-9-22-27(4)12-11-23(32)28(5,18-31)21(27)10-13-30(22,7)29(19,6)15-14-26(20,3)24(33)17-25/h8,20-23,31-32H,9-18H2,1-7H3/t20-,21?,22-,23+,26-,27+,28-,29-,30-/m1/s1. The topological polar surface area (TPSA) is 57.5 Å². The highest BCUT2D eigenvalue weighted by atomic mass is 16.3. The Balaban J connectivity index is 1.59. The zero-order chi connectivity index (χ0) is 24.2. The summed E-state index contributed by atoms with van der Waals surface area (Å²) in [6.07, 6.45) is 11.4. The number of aliphatic hydroxyl groups is 2. The van der Waals surface area contributed by atoms with Gasteiger partial charge in [-0.05, 0) is 90.8 Å². The Morgan fingerprint density at radius 1 is 0.939 bits per heavy atom. The summed E-state index contributed by atoms with van der Waals surface area (Å²) in [6, 6.07) is 0.